The van der Waals surface area contributed by atoms with Gasteiger partial charge in [-0.2, -0.15) is 0 Å². The molecule has 4 aromatic carbocycles. The SMILES string of the molecule is C#Cc1cc(CC(CC)CCCCC)c(C#Cc2cc(C#Cc3cc(CC(CC)CCCCC)c(C#C)cc3CC(CC)CCCCC)cc(C#Cc3cc(CC(CC)CCCCC)c(C#C)cc3CC(CC)CCCCC)c2)cc1CC(CC)CCCCC. The molecular formula is C90H126. The van der Waals surface area contributed by atoms with E-state index in [4.69, 9.17) is 19.3 Å². The standard InChI is InChI=1S/C90H126/c1-16-31-37-43-70(22-7)58-85-67-82(88(64-79(85)28-13)61-73(25-10)46-40-34-19-4)52-49-76-55-77(50-53-83-68-86(59-71(23-8)44-38-32-17-2)80(29-14)65-89(83)62-74(26-11)47-41-35-20-5)57-78(56-76)51-54-84-69-87(60-72(24-9)45-39-33-18-3)81(30-15)66-90(84)63-75(27-12)48-42-36-21-6/h13-15,55-57,64-75H,16-27,31-48,58-63H2,1-12H3. The van der Waals surface area contributed by atoms with Gasteiger partial charge in [0, 0.05) is 50.1 Å². The molecule has 0 saturated heterocycles. The first-order valence-corrected chi connectivity index (χ1v) is 37.5. The quantitative estimate of drug-likeness (QED) is 0.0306. The average molecular weight is 1210 g/mol. The van der Waals surface area contributed by atoms with E-state index in [1.165, 1.54) is 187 Å². The van der Waals surface area contributed by atoms with Gasteiger partial charge in [0.05, 0.1) is 0 Å². The Bertz CT molecular complexity index is 2700. The van der Waals surface area contributed by atoms with Gasteiger partial charge in [0.25, 0.3) is 0 Å². The van der Waals surface area contributed by atoms with E-state index < -0.39 is 0 Å². The van der Waals surface area contributed by atoms with Crippen molar-refractivity contribution in [3.8, 4) is 72.6 Å². The molecule has 0 fully saturated rings. The van der Waals surface area contributed by atoms with E-state index in [-0.39, 0.29) is 0 Å². The normalized spacial score (nSPS) is 13.0. The topological polar surface area (TPSA) is 0 Å². The van der Waals surface area contributed by atoms with Crippen LogP contribution < -0.4 is 0 Å². The molecule has 0 nitrogen and oxygen atoms in total. The van der Waals surface area contributed by atoms with Crippen LogP contribution in [0.15, 0.2) is 54.6 Å². The smallest absolute Gasteiger partial charge is 0.0284 e. The zero-order valence-electron chi connectivity index (χ0n) is 59.8. The summed E-state index contributed by atoms with van der Waals surface area (Å²) in [6.07, 6.45) is 62.0. The predicted octanol–water partition coefficient (Wildman–Crippen LogP) is 24.7. The van der Waals surface area contributed by atoms with E-state index in [2.05, 4.69) is 191 Å². The van der Waals surface area contributed by atoms with Crippen LogP contribution in [0.4, 0.5) is 0 Å². The minimum Gasteiger partial charge on any atom is -0.115 e. The van der Waals surface area contributed by atoms with Crippen LogP contribution in [0, 0.1) is 108 Å². The number of terminal acetylenes is 3. The summed E-state index contributed by atoms with van der Waals surface area (Å²) in [6.45, 7) is 27.9. The molecule has 0 bridgehead atoms. The highest BCUT2D eigenvalue weighted by Crippen LogP contribution is 2.32. The van der Waals surface area contributed by atoms with E-state index in [0.29, 0.717) is 35.5 Å². The Morgan fingerprint density at radius 3 is 0.578 bits per heavy atom. The summed E-state index contributed by atoms with van der Waals surface area (Å²) in [7, 11) is 0. The molecule has 486 valence electrons. The van der Waals surface area contributed by atoms with Gasteiger partial charge in [-0.15, -0.1) is 19.3 Å². The van der Waals surface area contributed by atoms with Crippen LogP contribution in [0.3, 0.4) is 0 Å². The molecule has 6 atom stereocenters. The van der Waals surface area contributed by atoms with Crippen molar-refractivity contribution in [1.29, 1.82) is 0 Å². The Kier molecular flexibility index (Phi) is 38.8. The summed E-state index contributed by atoms with van der Waals surface area (Å²) in [5, 5.41) is 0. The first-order chi connectivity index (χ1) is 43.9. The molecular weight excluding hydrogens is 1080 g/mol. The highest BCUT2D eigenvalue weighted by Gasteiger charge is 2.20. The lowest BCUT2D eigenvalue weighted by atomic mass is 9.84. The highest BCUT2D eigenvalue weighted by molar-refractivity contribution is 5.60. The van der Waals surface area contributed by atoms with Crippen LogP contribution >= 0.6 is 0 Å². The summed E-state index contributed by atoms with van der Waals surface area (Å²) in [5.74, 6) is 35.9. The maximum Gasteiger partial charge on any atom is 0.0284 e. The molecule has 6 unspecified atom stereocenters. The first kappa shape index (κ1) is 76.7. The van der Waals surface area contributed by atoms with Crippen LogP contribution in [0.1, 0.15) is 359 Å². The molecule has 0 radical (unpaired) electrons. The van der Waals surface area contributed by atoms with Gasteiger partial charge in [0.2, 0.25) is 0 Å². The predicted molar refractivity (Wildman–Crippen MR) is 397 cm³/mol. The van der Waals surface area contributed by atoms with E-state index in [1.807, 2.05) is 0 Å². The molecule has 0 saturated carbocycles. The summed E-state index contributed by atoms with van der Waals surface area (Å²) < 4.78 is 0. The van der Waals surface area contributed by atoms with Crippen molar-refractivity contribution >= 4 is 0 Å². The lowest BCUT2D eigenvalue weighted by molar-refractivity contribution is 0.439. The van der Waals surface area contributed by atoms with Crippen LogP contribution in [-0.4, -0.2) is 0 Å². The van der Waals surface area contributed by atoms with Gasteiger partial charge in [-0.3, -0.25) is 0 Å². The van der Waals surface area contributed by atoms with Crippen molar-refractivity contribution < 1.29 is 0 Å². The summed E-state index contributed by atoms with van der Waals surface area (Å²) in [5.41, 5.74) is 16.8. The number of unbranched alkanes of at least 4 members (excludes halogenated alkanes) is 12. The number of hydrogen-bond donors (Lipinski definition) is 0. The van der Waals surface area contributed by atoms with E-state index >= 15 is 0 Å². The molecule has 0 N–H and O–H groups in total. The maximum atomic E-state index is 6.45. The molecule has 0 aromatic heterocycles. The van der Waals surface area contributed by atoms with Crippen LogP contribution in [-0.2, 0) is 38.5 Å². The van der Waals surface area contributed by atoms with Gasteiger partial charge in [-0.1, -0.05) is 329 Å². The molecule has 0 heteroatoms. The Labute approximate surface area is 557 Å². The fourth-order valence-electron chi connectivity index (χ4n) is 13.8. The maximum absolute atomic E-state index is 6.45. The van der Waals surface area contributed by atoms with Crippen molar-refractivity contribution in [2.45, 2.75) is 314 Å². The van der Waals surface area contributed by atoms with Gasteiger partial charge in [0.1, 0.15) is 0 Å². The van der Waals surface area contributed by atoms with Gasteiger partial charge in [-0.05, 0) is 162 Å². The van der Waals surface area contributed by atoms with Crippen LogP contribution in [0.25, 0.3) is 0 Å². The van der Waals surface area contributed by atoms with Crippen LogP contribution in [0.5, 0.6) is 0 Å². The molecule has 90 heavy (non-hydrogen) atoms. The Morgan fingerprint density at radius 1 is 0.233 bits per heavy atom. The van der Waals surface area contributed by atoms with Crippen LogP contribution in [0.2, 0.25) is 0 Å². The van der Waals surface area contributed by atoms with Gasteiger partial charge >= 0.3 is 0 Å². The Balaban J connectivity index is 2.12. The summed E-state index contributed by atoms with van der Waals surface area (Å²) in [6, 6.07) is 20.8. The second-order valence-corrected chi connectivity index (χ2v) is 27.3. The zero-order chi connectivity index (χ0) is 65.3. The summed E-state index contributed by atoms with van der Waals surface area (Å²) >= 11 is 0. The second kappa shape index (κ2) is 45.5. The highest BCUT2D eigenvalue weighted by atomic mass is 14.2. The lowest BCUT2D eigenvalue weighted by Gasteiger charge is -2.20. The van der Waals surface area contributed by atoms with E-state index in [1.54, 1.807) is 0 Å². The monoisotopic (exact) mass is 1210 g/mol. The van der Waals surface area contributed by atoms with Crippen molar-refractivity contribution in [2.75, 3.05) is 0 Å². The van der Waals surface area contributed by atoms with Gasteiger partial charge in [-0.25, -0.2) is 0 Å². The lowest BCUT2D eigenvalue weighted by Crippen LogP contribution is -2.09. The minimum atomic E-state index is 0.572. The van der Waals surface area contributed by atoms with Crippen molar-refractivity contribution in [2.24, 2.45) is 35.5 Å². The molecule has 0 aliphatic carbocycles. The van der Waals surface area contributed by atoms with E-state index in [9.17, 15) is 0 Å². The van der Waals surface area contributed by atoms with Gasteiger partial charge < -0.3 is 0 Å². The number of hydrogen-bond acceptors (Lipinski definition) is 0. The number of rotatable bonds is 42. The largest absolute Gasteiger partial charge is 0.115 e. The molecule has 4 rings (SSSR count). The zero-order valence-corrected chi connectivity index (χ0v) is 59.8. The third-order valence-electron chi connectivity index (χ3n) is 20.2. The third-order valence-corrected chi connectivity index (χ3v) is 20.2. The van der Waals surface area contributed by atoms with Crippen molar-refractivity contribution in [1.82, 2.24) is 0 Å². The second-order valence-electron chi connectivity index (χ2n) is 27.3. The molecule has 4 aromatic rings. The number of benzene rings is 4. The Hall–Kier alpha value is -5.76. The van der Waals surface area contributed by atoms with E-state index in [0.717, 1.165) is 127 Å². The average Bonchev–Trinajstić information content (AvgIpc) is 1.27. The molecule has 0 aliphatic rings. The third kappa shape index (κ3) is 27.2. The first-order valence-electron chi connectivity index (χ1n) is 37.5. The molecule has 0 heterocycles. The van der Waals surface area contributed by atoms with Crippen molar-refractivity contribution in [3.05, 3.63) is 138 Å². The van der Waals surface area contributed by atoms with Crippen molar-refractivity contribution in [3.63, 3.8) is 0 Å². The fraction of sp³-hybridized carbons (Fsp3) is 0.600. The molecule has 0 aliphatic heterocycles. The molecule has 0 amide bonds. The summed E-state index contributed by atoms with van der Waals surface area (Å²) in [4.78, 5) is 0. The molecule has 0 spiro atoms. The van der Waals surface area contributed by atoms with Gasteiger partial charge in [0.15, 0.2) is 0 Å². The Morgan fingerprint density at radius 2 is 0.411 bits per heavy atom. The fourth-order valence-corrected chi connectivity index (χ4v) is 13.8. The minimum absolute atomic E-state index is 0.572.